The van der Waals surface area contributed by atoms with Gasteiger partial charge in [-0.1, -0.05) is 54.6 Å². The van der Waals surface area contributed by atoms with E-state index in [-0.39, 0.29) is 0 Å². The van der Waals surface area contributed by atoms with Crippen LogP contribution in [0.2, 0.25) is 0 Å². The van der Waals surface area contributed by atoms with E-state index in [1.54, 1.807) is 0 Å². The van der Waals surface area contributed by atoms with Gasteiger partial charge in [0.25, 0.3) is 0 Å². The molecule has 0 amide bonds. The first kappa shape index (κ1) is 19.4. The maximum Gasteiger partial charge on any atom is 0.147 e. The van der Waals surface area contributed by atoms with Crippen LogP contribution in [0.4, 0.5) is 5.82 Å². The van der Waals surface area contributed by atoms with E-state index in [4.69, 9.17) is 4.74 Å². The summed E-state index contributed by atoms with van der Waals surface area (Å²) >= 11 is 1.53. The van der Waals surface area contributed by atoms with Crippen molar-refractivity contribution >= 4 is 27.4 Å². The van der Waals surface area contributed by atoms with Crippen LogP contribution in [-0.4, -0.2) is 17.5 Å². The summed E-state index contributed by atoms with van der Waals surface area (Å²) in [6, 6.07) is 27.0. The summed E-state index contributed by atoms with van der Waals surface area (Å²) < 4.78 is 11.6. The van der Waals surface area contributed by atoms with Crippen LogP contribution < -0.4 is 15.4 Å². The molecule has 0 aliphatic carbocycles. The number of nitrogens with zero attached hydrogens (tertiary/aromatic N) is 1. The highest BCUT2D eigenvalue weighted by molar-refractivity contribution is 7.13. The molecule has 0 aliphatic rings. The molecule has 0 bridgehead atoms. The van der Waals surface area contributed by atoms with Gasteiger partial charge in [-0.2, -0.15) is 4.37 Å². The van der Waals surface area contributed by atoms with E-state index in [2.05, 4.69) is 69.6 Å². The van der Waals surface area contributed by atoms with Crippen molar-refractivity contribution in [3.8, 4) is 5.75 Å². The third kappa shape index (κ3) is 5.56. The van der Waals surface area contributed by atoms with Gasteiger partial charge in [0.1, 0.15) is 11.6 Å². The molecule has 0 spiro atoms. The third-order valence-corrected chi connectivity index (χ3v) is 5.49. The molecule has 3 aromatic carbocycles. The van der Waals surface area contributed by atoms with E-state index in [0.717, 1.165) is 37.6 Å². The van der Waals surface area contributed by atoms with E-state index < -0.39 is 0 Å². The molecule has 0 saturated carbocycles. The van der Waals surface area contributed by atoms with E-state index in [0.29, 0.717) is 6.61 Å². The van der Waals surface area contributed by atoms with Crippen LogP contribution in [0.1, 0.15) is 17.5 Å². The molecule has 148 valence electrons. The Morgan fingerprint density at radius 1 is 0.828 bits per heavy atom. The Balaban J connectivity index is 1.18. The van der Waals surface area contributed by atoms with Gasteiger partial charge in [0.15, 0.2) is 0 Å². The average molecular weight is 404 g/mol. The summed E-state index contributed by atoms with van der Waals surface area (Å²) in [6.45, 7) is 3.20. The largest absolute Gasteiger partial charge is 0.494 e. The summed E-state index contributed by atoms with van der Waals surface area (Å²) in [5, 5.41) is 8.09. The fourth-order valence-corrected chi connectivity index (χ4v) is 3.93. The molecule has 0 saturated heterocycles. The van der Waals surface area contributed by atoms with Crippen LogP contribution >= 0.6 is 11.5 Å². The van der Waals surface area contributed by atoms with Gasteiger partial charge < -0.3 is 15.4 Å². The van der Waals surface area contributed by atoms with Gasteiger partial charge >= 0.3 is 0 Å². The SMILES string of the molecule is c1ccc(CNCc2cccc(OCCCNc3nsc4ccccc34)c2)cc1. The molecule has 4 rings (SSSR count). The van der Waals surface area contributed by atoms with Gasteiger partial charge in [-0.05, 0) is 53.3 Å². The average Bonchev–Trinajstić information content (AvgIpc) is 3.18. The summed E-state index contributed by atoms with van der Waals surface area (Å²) in [5.41, 5.74) is 2.52. The van der Waals surface area contributed by atoms with Crippen molar-refractivity contribution in [1.29, 1.82) is 0 Å². The van der Waals surface area contributed by atoms with E-state index in [9.17, 15) is 0 Å². The van der Waals surface area contributed by atoms with Crippen LogP contribution in [0.25, 0.3) is 10.1 Å². The number of fused-ring (bicyclic) bond motifs is 1. The monoisotopic (exact) mass is 403 g/mol. The summed E-state index contributed by atoms with van der Waals surface area (Å²) in [7, 11) is 0. The maximum atomic E-state index is 5.93. The zero-order chi connectivity index (χ0) is 19.7. The number of anilines is 1. The van der Waals surface area contributed by atoms with Crippen molar-refractivity contribution in [2.24, 2.45) is 0 Å². The Labute approximate surface area is 175 Å². The van der Waals surface area contributed by atoms with Crippen LogP contribution in [0.3, 0.4) is 0 Å². The van der Waals surface area contributed by atoms with Crippen molar-refractivity contribution in [2.45, 2.75) is 19.5 Å². The Morgan fingerprint density at radius 3 is 2.55 bits per heavy atom. The number of hydrogen-bond acceptors (Lipinski definition) is 5. The normalized spacial score (nSPS) is 10.9. The first-order valence-electron chi connectivity index (χ1n) is 9.93. The van der Waals surface area contributed by atoms with Crippen LogP contribution in [0.5, 0.6) is 5.75 Å². The van der Waals surface area contributed by atoms with Crippen LogP contribution in [0.15, 0.2) is 78.9 Å². The number of rotatable bonds is 10. The van der Waals surface area contributed by atoms with Gasteiger partial charge in [0.05, 0.1) is 11.3 Å². The van der Waals surface area contributed by atoms with Crippen molar-refractivity contribution in [1.82, 2.24) is 9.69 Å². The zero-order valence-electron chi connectivity index (χ0n) is 16.3. The molecule has 5 heteroatoms. The fraction of sp³-hybridized carbons (Fsp3) is 0.208. The summed E-state index contributed by atoms with van der Waals surface area (Å²) in [4.78, 5) is 0. The third-order valence-electron chi connectivity index (χ3n) is 4.66. The second kappa shape index (κ2) is 10.0. The highest BCUT2D eigenvalue weighted by atomic mass is 32.1. The second-order valence-electron chi connectivity index (χ2n) is 6.89. The standard InChI is InChI=1S/C24H25N3OS/c1-2-8-19(9-3-1)17-25-18-20-10-6-11-21(16-20)28-15-7-14-26-24-22-12-4-5-13-23(22)29-27-24/h1-6,8-13,16,25H,7,14-15,17-18H2,(H,26,27). The van der Waals surface area contributed by atoms with Gasteiger partial charge in [-0.3, -0.25) is 0 Å². The molecule has 4 nitrogen and oxygen atoms in total. The highest BCUT2D eigenvalue weighted by Gasteiger charge is 2.04. The number of benzene rings is 3. The molecule has 29 heavy (non-hydrogen) atoms. The van der Waals surface area contributed by atoms with Crippen molar-refractivity contribution in [3.63, 3.8) is 0 Å². The molecule has 0 unspecified atom stereocenters. The van der Waals surface area contributed by atoms with Crippen molar-refractivity contribution in [3.05, 3.63) is 90.0 Å². The molecular formula is C24H25N3OS. The summed E-state index contributed by atoms with van der Waals surface area (Å²) in [5.74, 6) is 1.89. The Kier molecular flexibility index (Phi) is 6.73. The molecule has 0 atom stereocenters. The number of ether oxygens (including phenoxy) is 1. The minimum atomic E-state index is 0.677. The predicted molar refractivity (Wildman–Crippen MR) is 122 cm³/mol. The highest BCUT2D eigenvalue weighted by Crippen LogP contribution is 2.26. The molecular weight excluding hydrogens is 378 g/mol. The Bertz CT molecular complexity index is 1030. The van der Waals surface area contributed by atoms with E-state index in [1.165, 1.54) is 32.7 Å². The lowest BCUT2D eigenvalue weighted by atomic mass is 10.2. The maximum absolute atomic E-state index is 5.93. The first-order chi connectivity index (χ1) is 14.4. The molecule has 2 N–H and O–H groups in total. The van der Waals surface area contributed by atoms with Gasteiger partial charge in [-0.15, -0.1) is 0 Å². The minimum absolute atomic E-state index is 0.677. The minimum Gasteiger partial charge on any atom is -0.494 e. The lowest BCUT2D eigenvalue weighted by Crippen LogP contribution is -2.12. The second-order valence-corrected chi connectivity index (χ2v) is 7.70. The zero-order valence-corrected chi connectivity index (χ0v) is 17.1. The van der Waals surface area contributed by atoms with Gasteiger partial charge in [0.2, 0.25) is 0 Å². The first-order valence-corrected chi connectivity index (χ1v) is 10.7. The molecule has 0 radical (unpaired) electrons. The van der Waals surface area contributed by atoms with Crippen molar-refractivity contribution < 1.29 is 4.74 Å². The van der Waals surface area contributed by atoms with E-state index in [1.807, 2.05) is 24.3 Å². The molecule has 0 fully saturated rings. The molecule has 1 aromatic heterocycles. The van der Waals surface area contributed by atoms with Crippen molar-refractivity contribution in [2.75, 3.05) is 18.5 Å². The lowest BCUT2D eigenvalue weighted by molar-refractivity contribution is 0.314. The topological polar surface area (TPSA) is 46.2 Å². The van der Waals surface area contributed by atoms with E-state index >= 15 is 0 Å². The molecule has 0 aliphatic heterocycles. The van der Waals surface area contributed by atoms with Gasteiger partial charge in [0, 0.05) is 25.0 Å². The quantitative estimate of drug-likeness (QED) is 0.345. The van der Waals surface area contributed by atoms with Gasteiger partial charge in [-0.25, -0.2) is 0 Å². The number of aromatic nitrogens is 1. The Hall–Kier alpha value is -2.89. The number of hydrogen-bond donors (Lipinski definition) is 2. The predicted octanol–water partition coefficient (Wildman–Crippen LogP) is 5.47. The Morgan fingerprint density at radius 2 is 1.62 bits per heavy atom. The molecule has 1 heterocycles. The lowest BCUT2D eigenvalue weighted by Gasteiger charge is -2.10. The molecule has 4 aromatic rings. The number of nitrogens with one attached hydrogen (secondary N) is 2. The fourth-order valence-electron chi connectivity index (χ4n) is 3.17. The smallest absolute Gasteiger partial charge is 0.147 e. The summed E-state index contributed by atoms with van der Waals surface area (Å²) in [6.07, 6.45) is 0.919. The van der Waals surface area contributed by atoms with Crippen LogP contribution in [0, 0.1) is 0 Å². The van der Waals surface area contributed by atoms with Crippen LogP contribution in [-0.2, 0) is 13.1 Å².